The summed E-state index contributed by atoms with van der Waals surface area (Å²) in [5.41, 5.74) is 5.90. The molecule has 2 aliphatic rings. The molecule has 0 aromatic heterocycles. The lowest BCUT2D eigenvalue weighted by Gasteiger charge is -2.37. The number of nitrogens with two attached hydrogens (primary N) is 1. The van der Waals surface area contributed by atoms with Crippen molar-refractivity contribution in [1.82, 2.24) is 10.2 Å². The van der Waals surface area contributed by atoms with Crippen LogP contribution in [-0.4, -0.2) is 42.5 Å². The number of carbonyl (C=O) groups excluding carboxylic acids is 1. The van der Waals surface area contributed by atoms with Crippen LogP contribution < -0.4 is 11.1 Å². The molecule has 2 fully saturated rings. The largest absolute Gasteiger partial charge is 0.356 e. The minimum atomic E-state index is -0.185. The Kier molecular flexibility index (Phi) is 4.62. The molecule has 0 unspecified atom stereocenters. The average Bonchev–Trinajstić information content (AvgIpc) is 2.35. The second kappa shape index (κ2) is 6.02. The fraction of sp³-hybridized carbons (Fsp3) is 0.929. The highest BCUT2D eigenvalue weighted by Crippen LogP contribution is 2.31. The lowest BCUT2D eigenvalue weighted by Crippen LogP contribution is -2.50. The number of nitrogens with zero attached hydrogens (tertiary/aromatic N) is 1. The summed E-state index contributed by atoms with van der Waals surface area (Å²) in [4.78, 5) is 14.3. The van der Waals surface area contributed by atoms with E-state index in [-0.39, 0.29) is 11.4 Å². The number of nitrogens with one attached hydrogen (secondary N) is 1. The van der Waals surface area contributed by atoms with Crippen LogP contribution in [0.1, 0.15) is 45.4 Å². The van der Waals surface area contributed by atoms with E-state index in [4.69, 9.17) is 5.73 Å². The third-order valence-electron chi connectivity index (χ3n) is 4.60. The summed E-state index contributed by atoms with van der Waals surface area (Å²) in [5, 5.41) is 3.07. The SMILES string of the molecule is CCN1CCC(CNC(=O)CC2(N)CCC2)CC1. The maximum absolute atomic E-state index is 11.8. The average molecular weight is 253 g/mol. The van der Waals surface area contributed by atoms with Gasteiger partial charge in [0.2, 0.25) is 5.91 Å². The number of likely N-dealkylation sites (tertiary alicyclic amines) is 1. The zero-order valence-electron chi connectivity index (χ0n) is 11.6. The molecule has 0 aromatic carbocycles. The lowest BCUT2D eigenvalue weighted by atomic mass is 9.75. The first-order valence-corrected chi connectivity index (χ1v) is 7.39. The second-order valence-electron chi connectivity index (χ2n) is 6.07. The Hall–Kier alpha value is -0.610. The molecule has 1 aliphatic heterocycles. The summed E-state index contributed by atoms with van der Waals surface area (Å²) < 4.78 is 0. The number of hydrogen-bond donors (Lipinski definition) is 2. The number of hydrogen-bond acceptors (Lipinski definition) is 3. The van der Waals surface area contributed by atoms with Gasteiger partial charge in [0.25, 0.3) is 0 Å². The second-order valence-corrected chi connectivity index (χ2v) is 6.07. The first kappa shape index (κ1) is 13.8. The summed E-state index contributed by atoms with van der Waals surface area (Å²) in [6.45, 7) is 6.55. The van der Waals surface area contributed by atoms with Crippen molar-refractivity contribution in [2.75, 3.05) is 26.2 Å². The third-order valence-corrected chi connectivity index (χ3v) is 4.60. The van der Waals surface area contributed by atoms with Gasteiger partial charge in [-0.2, -0.15) is 0 Å². The van der Waals surface area contributed by atoms with Crippen molar-refractivity contribution in [2.45, 2.75) is 51.0 Å². The van der Waals surface area contributed by atoms with E-state index in [9.17, 15) is 4.79 Å². The Bertz CT molecular complexity index is 281. The van der Waals surface area contributed by atoms with Crippen LogP contribution in [0.5, 0.6) is 0 Å². The Morgan fingerprint density at radius 1 is 1.39 bits per heavy atom. The van der Waals surface area contributed by atoms with Gasteiger partial charge < -0.3 is 16.0 Å². The van der Waals surface area contributed by atoms with E-state index >= 15 is 0 Å². The van der Waals surface area contributed by atoms with E-state index in [1.165, 1.54) is 32.4 Å². The molecule has 0 aromatic rings. The normalized spacial score (nSPS) is 24.6. The van der Waals surface area contributed by atoms with Crippen LogP contribution in [0.15, 0.2) is 0 Å². The van der Waals surface area contributed by atoms with Crippen molar-refractivity contribution in [2.24, 2.45) is 11.7 Å². The summed E-state index contributed by atoms with van der Waals surface area (Å²) in [6, 6.07) is 0. The highest BCUT2D eigenvalue weighted by atomic mass is 16.1. The zero-order valence-corrected chi connectivity index (χ0v) is 11.6. The predicted molar refractivity (Wildman–Crippen MR) is 73.2 cm³/mol. The highest BCUT2D eigenvalue weighted by Gasteiger charge is 2.34. The molecule has 4 nitrogen and oxygen atoms in total. The van der Waals surface area contributed by atoms with Gasteiger partial charge in [-0.15, -0.1) is 0 Å². The molecule has 0 bridgehead atoms. The molecule has 1 amide bonds. The fourth-order valence-electron chi connectivity index (χ4n) is 2.95. The molecule has 3 N–H and O–H groups in total. The van der Waals surface area contributed by atoms with Crippen LogP contribution >= 0.6 is 0 Å². The van der Waals surface area contributed by atoms with Gasteiger partial charge in [-0.3, -0.25) is 4.79 Å². The number of amides is 1. The van der Waals surface area contributed by atoms with E-state index in [0.717, 1.165) is 25.9 Å². The van der Waals surface area contributed by atoms with E-state index in [1.807, 2.05) is 0 Å². The summed E-state index contributed by atoms with van der Waals surface area (Å²) in [6.07, 6.45) is 6.13. The summed E-state index contributed by atoms with van der Waals surface area (Å²) >= 11 is 0. The van der Waals surface area contributed by atoms with E-state index in [2.05, 4.69) is 17.1 Å². The Morgan fingerprint density at radius 3 is 2.56 bits per heavy atom. The highest BCUT2D eigenvalue weighted by molar-refractivity contribution is 5.77. The van der Waals surface area contributed by atoms with Crippen LogP contribution in [-0.2, 0) is 4.79 Å². The standard InChI is InChI=1S/C14H27N3O/c1-2-17-8-4-12(5-9-17)11-16-13(18)10-14(15)6-3-7-14/h12H,2-11,15H2,1H3,(H,16,18). The number of rotatable bonds is 5. The lowest BCUT2D eigenvalue weighted by molar-refractivity contribution is -0.123. The van der Waals surface area contributed by atoms with Crippen LogP contribution in [0.4, 0.5) is 0 Å². The molecular weight excluding hydrogens is 226 g/mol. The van der Waals surface area contributed by atoms with Gasteiger partial charge in [0.1, 0.15) is 0 Å². The minimum absolute atomic E-state index is 0.148. The van der Waals surface area contributed by atoms with Crippen LogP contribution in [0.3, 0.4) is 0 Å². The van der Waals surface area contributed by atoms with Crippen LogP contribution in [0.2, 0.25) is 0 Å². The van der Waals surface area contributed by atoms with Crippen LogP contribution in [0, 0.1) is 5.92 Å². The molecule has 2 rings (SSSR count). The van der Waals surface area contributed by atoms with Gasteiger partial charge in [-0.25, -0.2) is 0 Å². The Labute approximate surface area is 110 Å². The Morgan fingerprint density at radius 2 is 2.06 bits per heavy atom. The molecule has 0 radical (unpaired) electrons. The van der Waals surface area contributed by atoms with Gasteiger partial charge in [0, 0.05) is 18.5 Å². The molecule has 1 saturated heterocycles. The summed E-state index contributed by atoms with van der Waals surface area (Å²) in [7, 11) is 0. The summed E-state index contributed by atoms with van der Waals surface area (Å²) in [5.74, 6) is 0.807. The van der Waals surface area contributed by atoms with Crippen molar-refractivity contribution < 1.29 is 4.79 Å². The van der Waals surface area contributed by atoms with Crippen molar-refractivity contribution in [3.05, 3.63) is 0 Å². The topological polar surface area (TPSA) is 58.4 Å². The predicted octanol–water partition coefficient (Wildman–Crippen LogP) is 1.11. The molecule has 4 heteroatoms. The molecule has 18 heavy (non-hydrogen) atoms. The van der Waals surface area contributed by atoms with E-state index in [1.54, 1.807) is 0 Å². The van der Waals surface area contributed by atoms with Crippen molar-refractivity contribution >= 4 is 5.91 Å². The maximum Gasteiger partial charge on any atom is 0.221 e. The first-order chi connectivity index (χ1) is 8.61. The van der Waals surface area contributed by atoms with Crippen molar-refractivity contribution in [3.63, 3.8) is 0 Å². The number of carbonyl (C=O) groups is 1. The maximum atomic E-state index is 11.8. The molecule has 1 heterocycles. The molecule has 1 saturated carbocycles. The van der Waals surface area contributed by atoms with Crippen LogP contribution in [0.25, 0.3) is 0 Å². The zero-order chi connectivity index (χ0) is 13.0. The number of piperidine rings is 1. The monoisotopic (exact) mass is 253 g/mol. The smallest absolute Gasteiger partial charge is 0.221 e. The van der Waals surface area contributed by atoms with Gasteiger partial charge in [0.05, 0.1) is 0 Å². The molecular formula is C14H27N3O. The van der Waals surface area contributed by atoms with Gasteiger partial charge in [0.15, 0.2) is 0 Å². The molecule has 0 atom stereocenters. The van der Waals surface area contributed by atoms with Gasteiger partial charge in [-0.05, 0) is 57.7 Å². The first-order valence-electron chi connectivity index (χ1n) is 7.39. The fourth-order valence-corrected chi connectivity index (χ4v) is 2.95. The molecule has 0 spiro atoms. The quantitative estimate of drug-likeness (QED) is 0.771. The molecule has 1 aliphatic carbocycles. The third kappa shape index (κ3) is 3.69. The van der Waals surface area contributed by atoms with Gasteiger partial charge >= 0.3 is 0 Å². The van der Waals surface area contributed by atoms with E-state index in [0.29, 0.717) is 12.3 Å². The van der Waals surface area contributed by atoms with Crippen molar-refractivity contribution in [3.8, 4) is 0 Å². The van der Waals surface area contributed by atoms with Gasteiger partial charge in [-0.1, -0.05) is 6.92 Å². The Balaban J connectivity index is 1.61. The minimum Gasteiger partial charge on any atom is -0.356 e. The van der Waals surface area contributed by atoms with E-state index < -0.39 is 0 Å². The molecule has 104 valence electrons. The van der Waals surface area contributed by atoms with Crippen molar-refractivity contribution in [1.29, 1.82) is 0 Å².